The summed E-state index contributed by atoms with van der Waals surface area (Å²) in [4.78, 5) is 11.5. The van der Waals surface area contributed by atoms with Crippen LogP contribution in [-0.4, -0.2) is 50.0 Å². The summed E-state index contributed by atoms with van der Waals surface area (Å²) >= 11 is 0. The first kappa shape index (κ1) is 20.5. The van der Waals surface area contributed by atoms with E-state index in [0.717, 1.165) is 53.7 Å². The number of nitriles is 1. The molecule has 5 rings (SSSR count). The first-order valence-electron chi connectivity index (χ1n) is 11.1. The van der Waals surface area contributed by atoms with Gasteiger partial charge in [0.2, 0.25) is 0 Å². The summed E-state index contributed by atoms with van der Waals surface area (Å²) in [5.74, 6) is 2.95. The zero-order chi connectivity index (χ0) is 21.9. The third-order valence-corrected chi connectivity index (χ3v) is 6.03. The number of nitrogens with zero attached hydrogens (tertiary/aromatic N) is 4. The van der Waals surface area contributed by atoms with Gasteiger partial charge in [0.1, 0.15) is 17.4 Å². The molecule has 3 aromatic rings. The van der Waals surface area contributed by atoms with Crippen LogP contribution >= 0.6 is 0 Å². The number of aromatic nitrogens is 2. The summed E-state index contributed by atoms with van der Waals surface area (Å²) < 4.78 is 16.9. The molecule has 1 saturated carbocycles. The minimum Gasteiger partial charge on any atom is -0.493 e. The van der Waals surface area contributed by atoms with E-state index in [1.807, 2.05) is 30.3 Å². The maximum absolute atomic E-state index is 9.97. The number of anilines is 1. The molecule has 1 aliphatic heterocycles. The largest absolute Gasteiger partial charge is 0.493 e. The van der Waals surface area contributed by atoms with Crippen LogP contribution in [0.4, 0.5) is 5.82 Å². The first-order chi connectivity index (χ1) is 15.7. The minimum atomic E-state index is 0.568. The van der Waals surface area contributed by atoms with Gasteiger partial charge in [-0.3, -0.25) is 4.98 Å². The molecular formula is C25H26N4O3. The van der Waals surface area contributed by atoms with Crippen molar-refractivity contribution in [3.8, 4) is 17.6 Å². The third kappa shape index (κ3) is 4.32. The van der Waals surface area contributed by atoms with Crippen LogP contribution in [-0.2, 0) is 11.2 Å². The molecule has 1 aliphatic carbocycles. The average molecular weight is 431 g/mol. The molecule has 2 heterocycles. The van der Waals surface area contributed by atoms with E-state index < -0.39 is 0 Å². The topological polar surface area (TPSA) is 80.5 Å². The second-order valence-electron chi connectivity index (χ2n) is 8.32. The Kier molecular flexibility index (Phi) is 5.78. The number of methoxy groups -OCH3 is 1. The summed E-state index contributed by atoms with van der Waals surface area (Å²) in [5.41, 5.74) is 3.91. The van der Waals surface area contributed by atoms with Gasteiger partial charge < -0.3 is 19.1 Å². The number of benzene rings is 2. The van der Waals surface area contributed by atoms with Gasteiger partial charge in [0, 0.05) is 13.1 Å². The molecule has 2 aliphatic rings. The molecule has 2 aromatic carbocycles. The molecule has 164 valence electrons. The van der Waals surface area contributed by atoms with Gasteiger partial charge in [0.25, 0.3) is 0 Å². The van der Waals surface area contributed by atoms with Crippen LogP contribution in [0.1, 0.15) is 29.5 Å². The van der Waals surface area contributed by atoms with Crippen molar-refractivity contribution in [2.75, 3.05) is 44.9 Å². The molecule has 0 spiro atoms. The molecule has 0 atom stereocenters. The Morgan fingerprint density at radius 3 is 2.75 bits per heavy atom. The lowest BCUT2D eigenvalue weighted by Gasteiger charge is -2.27. The molecule has 0 amide bonds. The van der Waals surface area contributed by atoms with Crippen molar-refractivity contribution in [1.82, 2.24) is 9.97 Å². The maximum atomic E-state index is 9.97. The molecule has 2 fully saturated rings. The zero-order valence-corrected chi connectivity index (χ0v) is 18.2. The van der Waals surface area contributed by atoms with Crippen molar-refractivity contribution in [2.24, 2.45) is 5.92 Å². The summed E-state index contributed by atoms with van der Waals surface area (Å²) in [6.45, 7) is 3.64. The Morgan fingerprint density at radius 2 is 2.00 bits per heavy atom. The van der Waals surface area contributed by atoms with Gasteiger partial charge in [-0.05, 0) is 54.5 Å². The van der Waals surface area contributed by atoms with E-state index in [0.29, 0.717) is 36.6 Å². The predicted molar refractivity (Wildman–Crippen MR) is 121 cm³/mol. The highest BCUT2D eigenvalue weighted by atomic mass is 16.5. The van der Waals surface area contributed by atoms with Crippen LogP contribution in [0.15, 0.2) is 36.5 Å². The van der Waals surface area contributed by atoms with E-state index in [4.69, 9.17) is 19.2 Å². The molecule has 1 saturated heterocycles. The fraction of sp³-hybridized carbons (Fsp3) is 0.400. The summed E-state index contributed by atoms with van der Waals surface area (Å²) in [5, 5.41) is 9.97. The number of hydrogen-bond acceptors (Lipinski definition) is 7. The Morgan fingerprint density at radius 1 is 1.16 bits per heavy atom. The number of morpholine rings is 1. The van der Waals surface area contributed by atoms with Gasteiger partial charge >= 0.3 is 0 Å². The molecule has 0 radical (unpaired) electrons. The van der Waals surface area contributed by atoms with Crippen LogP contribution in [0.2, 0.25) is 0 Å². The fourth-order valence-electron chi connectivity index (χ4n) is 3.98. The Hall–Kier alpha value is -3.37. The van der Waals surface area contributed by atoms with Gasteiger partial charge in [-0.2, -0.15) is 5.26 Å². The van der Waals surface area contributed by atoms with Gasteiger partial charge in [-0.15, -0.1) is 0 Å². The van der Waals surface area contributed by atoms with Crippen molar-refractivity contribution >= 4 is 16.9 Å². The van der Waals surface area contributed by atoms with E-state index in [1.54, 1.807) is 13.3 Å². The highest BCUT2D eigenvalue weighted by Gasteiger charge is 2.22. The van der Waals surface area contributed by atoms with E-state index in [-0.39, 0.29) is 0 Å². The molecule has 32 heavy (non-hydrogen) atoms. The van der Waals surface area contributed by atoms with Crippen molar-refractivity contribution in [3.63, 3.8) is 0 Å². The smallest absolute Gasteiger partial charge is 0.161 e. The van der Waals surface area contributed by atoms with Crippen LogP contribution < -0.4 is 14.4 Å². The summed E-state index contributed by atoms with van der Waals surface area (Å²) in [6, 6.07) is 12.3. The van der Waals surface area contributed by atoms with Crippen LogP contribution in [0.3, 0.4) is 0 Å². The highest BCUT2D eigenvalue weighted by molar-refractivity contribution is 5.83. The molecule has 0 bridgehead atoms. The molecule has 0 unspecified atom stereocenters. The maximum Gasteiger partial charge on any atom is 0.161 e. The van der Waals surface area contributed by atoms with Crippen LogP contribution in [0.25, 0.3) is 11.0 Å². The van der Waals surface area contributed by atoms with Gasteiger partial charge in [0.05, 0.1) is 44.2 Å². The van der Waals surface area contributed by atoms with E-state index in [2.05, 4.69) is 16.0 Å². The van der Waals surface area contributed by atoms with Crippen molar-refractivity contribution in [2.45, 2.75) is 19.3 Å². The highest BCUT2D eigenvalue weighted by Crippen LogP contribution is 2.34. The lowest BCUT2D eigenvalue weighted by atomic mass is 9.98. The standard InChI is InChI=1S/C25H26N4O3/c1-30-23-13-18(4-7-22(23)32-16-17-2-3-17)12-19-5-6-21-25(20(19)14-26)28-24(15-27-21)29-8-10-31-11-9-29/h4-7,13,15,17H,2-3,8-12,16H2,1H3. The van der Waals surface area contributed by atoms with E-state index in [1.165, 1.54) is 12.8 Å². The monoisotopic (exact) mass is 430 g/mol. The average Bonchev–Trinajstić information content (AvgIpc) is 3.68. The van der Waals surface area contributed by atoms with Crippen molar-refractivity contribution in [1.29, 1.82) is 5.26 Å². The van der Waals surface area contributed by atoms with Gasteiger partial charge in [0.15, 0.2) is 11.5 Å². The number of ether oxygens (including phenoxy) is 3. The molecule has 7 nitrogen and oxygen atoms in total. The molecule has 0 N–H and O–H groups in total. The Labute approximate surface area is 187 Å². The molecular weight excluding hydrogens is 404 g/mol. The second kappa shape index (κ2) is 9.01. The normalized spacial score (nSPS) is 16.1. The quantitative estimate of drug-likeness (QED) is 0.565. The third-order valence-electron chi connectivity index (χ3n) is 6.03. The predicted octanol–water partition coefficient (Wildman–Crippen LogP) is 3.73. The van der Waals surface area contributed by atoms with Crippen molar-refractivity contribution in [3.05, 3.63) is 53.2 Å². The minimum absolute atomic E-state index is 0.568. The van der Waals surface area contributed by atoms with Crippen LogP contribution in [0, 0.1) is 17.2 Å². The lowest BCUT2D eigenvalue weighted by molar-refractivity contribution is 0.122. The number of fused-ring (bicyclic) bond motifs is 1. The van der Waals surface area contributed by atoms with Crippen molar-refractivity contribution < 1.29 is 14.2 Å². The fourth-order valence-corrected chi connectivity index (χ4v) is 3.98. The summed E-state index contributed by atoms with van der Waals surface area (Å²) in [6.07, 6.45) is 4.87. The SMILES string of the molecule is COc1cc(Cc2ccc3ncc(N4CCOCC4)nc3c2C#N)ccc1OCC1CC1. The van der Waals surface area contributed by atoms with E-state index in [9.17, 15) is 5.26 Å². The lowest BCUT2D eigenvalue weighted by Crippen LogP contribution is -2.36. The first-order valence-corrected chi connectivity index (χ1v) is 11.1. The van der Waals surface area contributed by atoms with Crippen LogP contribution in [0.5, 0.6) is 11.5 Å². The summed E-state index contributed by atoms with van der Waals surface area (Å²) in [7, 11) is 1.66. The van der Waals surface area contributed by atoms with Gasteiger partial charge in [-0.25, -0.2) is 4.98 Å². The number of rotatable bonds is 7. The Bertz CT molecular complexity index is 1160. The number of hydrogen-bond donors (Lipinski definition) is 0. The second-order valence-corrected chi connectivity index (χ2v) is 8.32. The van der Waals surface area contributed by atoms with E-state index >= 15 is 0 Å². The molecule has 1 aromatic heterocycles. The zero-order valence-electron chi connectivity index (χ0n) is 18.2. The molecule has 7 heteroatoms. The van der Waals surface area contributed by atoms with Gasteiger partial charge in [-0.1, -0.05) is 12.1 Å². The Balaban J connectivity index is 1.43.